The zero-order valence-electron chi connectivity index (χ0n) is 16.8. The van der Waals surface area contributed by atoms with Crippen LogP contribution in [0.2, 0.25) is 0 Å². The molecule has 1 aromatic heterocycles. The van der Waals surface area contributed by atoms with Crippen LogP contribution in [-0.2, 0) is 21.2 Å². The fraction of sp³-hybridized carbons (Fsp3) is 0.333. The minimum absolute atomic E-state index is 0.0804. The number of nitrogens with zero attached hydrogens (tertiary/aromatic N) is 2. The lowest BCUT2D eigenvalue weighted by Gasteiger charge is -2.30. The summed E-state index contributed by atoms with van der Waals surface area (Å²) in [7, 11) is -4.09. The van der Waals surface area contributed by atoms with E-state index >= 15 is 0 Å². The number of piperidine rings is 1. The lowest BCUT2D eigenvalue weighted by atomic mass is 9.97. The quantitative estimate of drug-likeness (QED) is 0.613. The van der Waals surface area contributed by atoms with Crippen LogP contribution < -0.4 is 5.32 Å². The fourth-order valence-electron chi connectivity index (χ4n) is 3.73. The van der Waals surface area contributed by atoms with Gasteiger partial charge in [-0.05, 0) is 43.0 Å². The first-order valence-corrected chi connectivity index (χ1v) is 12.2. The van der Waals surface area contributed by atoms with Gasteiger partial charge in [-0.1, -0.05) is 30.4 Å². The highest BCUT2D eigenvalue weighted by Gasteiger charge is 2.34. The normalized spacial score (nSPS) is 16.0. The lowest BCUT2D eigenvalue weighted by molar-refractivity contribution is -0.120. The van der Waals surface area contributed by atoms with Gasteiger partial charge in [-0.25, -0.2) is 22.2 Å². The van der Waals surface area contributed by atoms with Crippen LogP contribution in [0.4, 0.5) is 13.9 Å². The summed E-state index contributed by atoms with van der Waals surface area (Å²) in [4.78, 5) is 16.7. The topological polar surface area (TPSA) is 79.4 Å². The number of amides is 1. The standard InChI is InChI=1S/C21H21F2N3O3S2/c1-2-13-4-3-5-17-19(13)24-21(30-17)25-20(27)14-8-10-26(11-9-14)31(28,29)18-7-6-15(22)12-16(18)23/h3-7,12,14H,2,8-11H2,1H3,(H,24,25,27). The predicted octanol–water partition coefficient (Wildman–Crippen LogP) is 4.18. The smallest absolute Gasteiger partial charge is 0.245 e. The molecule has 6 nitrogen and oxygen atoms in total. The molecule has 0 radical (unpaired) electrons. The van der Waals surface area contributed by atoms with Crippen molar-refractivity contribution in [3.8, 4) is 0 Å². The van der Waals surface area contributed by atoms with Crippen LogP contribution in [0.5, 0.6) is 0 Å². The first-order valence-electron chi connectivity index (χ1n) is 9.94. The molecule has 4 rings (SSSR count). The highest BCUT2D eigenvalue weighted by Crippen LogP contribution is 2.30. The Kier molecular flexibility index (Phi) is 6.05. The Morgan fingerprint density at radius 3 is 2.65 bits per heavy atom. The van der Waals surface area contributed by atoms with Gasteiger partial charge in [0.2, 0.25) is 15.9 Å². The fourth-order valence-corrected chi connectivity index (χ4v) is 6.17. The molecule has 1 aliphatic heterocycles. The van der Waals surface area contributed by atoms with Gasteiger partial charge in [-0.3, -0.25) is 4.79 Å². The van der Waals surface area contributed by atoms with E-state index in [1.165, 1.54) is 11.3 Å². The molecule has 0 bridgehead atoms. The van der Waals surface area contributed by atoms with E-state index in [0.717, 1.165) is 38.6 Å². The number of fused-ring (bicyclic) bond motifs is 1. The van der Waals surface area contributed by atoms with E-state index in [9.17, 15) is 22.0 Å². The van der Waals surface area contributed by atoms with Crippen LogP contribution in [0.3, 0.4) is 0 Å². The van der Waals surface area contributed by atoms with Gasteiger partial charge < -0.3 is 5.32 Å². The molecular weight excluding hydrogens is 444 g/mol. The van der Waals surface area contributed by atoms with Gasteiger partial charge in [-0.15, -0.1) is 0 Å². The van der Waals surface area contributed by atoms with Crippen molar-refractivity contribution in [2.75, 3.05) is 18.4 Å². The Bertz CT molecular complexity index is 1240. The molecule has 1 fully saturated rings. The van der Waals surface area contributed by atoms with Gasteiger partial charge >= 0.3 is 0 Å². The summed E-state index contributed by atoms with van der Waals surface area (Å²) in [6, 6.07) is 8.32. The molecule has 164 valence electrons. The number of hydrogen-bond donors (Lipinski definition) is 1. The first-order chi connectivity index (χ1) is 14.8. The highest BCUT2D eigenvalue weighted by atomic mass is 32.2. The Labute approximate surface area is 183 Å². The number of rotatable bonds is 5. The SMILES string of the molecule is CCc1cccc2sc(NC(=O)C3CCN(S(=O)(=O)c4ccc(F)cc4F)CC3)nc12. The summed E-state index contributed by atoms with van der Waals surface area (Å²) < 4.78 is 54.6. The second-order valence-electron chi connectivity index (χ2n) is 7.38. The maximum Gasteiger partial charge on any atom is 0.245 e. The molecule has 0 spiro atoms. The summed E-state index contributed by atoms with van der Waals surface area (Å²) in [6.45, 7) is 2.21. The number of halogens is 2. The number of anilines is 1. The molecule has 10 heteroatoms. The van der Waals surface area contributed by atoms with Gasteiger partial charge in [0.25, 0.3) is 0 Å². The summed E-state index contributed by atoms with van der Waals surface area (Å²) in [5, 5.41) is 3.37. The third-order valence-corrected chi connectivity index (χ3v) is 8.32. The van der Waals surface area contributed by atoms with E-state index in [0.29, 0.717) is 24.0 Å². The maximum atomic E-state index is 14.0. The zero-order valence-corrected chi connectivity index (χ0v) is 18.4. The van der Waals surface area contributed by atoms with Crippen LogP contribution in [0.15, 0.2) is 41.3 Å². The Hall–Kier alpha value is -2.43. The van der Waals surface area contributed by atoms with E-state index in [1.807, 2.05) is 25.1 Å². The molecule has 0 aliphatic carbocycles. The number of carbonyl (C=O) groups is 1. The molecular formula is C21H21F2N3O3S2. The number of nitrogens with one attached hydrogen (secondary N) is 1. The first kappa shape index (κ1) is 21.8. The van der Waals surface area contributed by atoms with Gasteiger partial charge in [0, 0.05) is 25.1 Å². The van der Waals surface area contributed by atoms with Gasteiger partial charge in [0.1, 0.15) is 16.5 Å². The summed E-state index contributed by atoms with van der Waals surface area (Å²) in [5.74, 6) is -2.54. The molecule has 0 atom stereocenters. The number of thiazole rings is 1. The van der Waals surface area contributed by atoms with Crippen LogP contribution in [0.25, 0.3) is 10.2 Å². The number of hydrogen-bond acceptors (Lipinski definition) is 5. The number of para-hydroxylation sites is 1. The minimum atomic E-state index is -4.09. The van der Waals surface area contributed by atoms with E-state index < -0.39 is 26.6 Å². The third kappa shape index (κ3) is 4.32. The second kappa shape index (κ2) is 8.60. The minimum Gasteiger partial charge on any atom is -0.302 e. The molecule has 2 heterocycles. The molecule has 3 aromatic rings. The van der Waals surface area contributed by atoms with E-state index in [4.69, 9.17) is 0 Å². The molecule has 31 heavy (non-hydrogen) atoms. The van der Waals surface area contributed by atoms with Gasteiger partial charge in [0.05, 0.1) is 10.2 Å². The molecule has 1 saturated heterocycles. The van der Waals surface area contributed by atoms with Crippen molar-refractivity contribution < 1.29 is 22.0 Å². The molecule has 1 N–H and O–H groups in total. The van der Waals surface area contributed by atoms with Gasteiger partial charge in [-0.2, -0.15) is 4.31 Å². The van der Waals surface area contributed by atoms with Crippen molar-refractivity contribution in [3.05, 3.63) is 53.6 Å². The van der Waals surface area contributed by atoms with Crippen LogP contribution in [0.1, 0.15) is 25.3 Å². The van der Waals surface area contributed by atoms with Crippen molar-refractivity contribution in [2.45, 2.75) is 31.1 Å². The van der Waals surface area contributed by atoms with E-state index in [2.05, 4.69) is 10.3 Å². The third-order valence-electron chi connectivity index (χ3n) is 5.45. The Balaban J connectivity index is 1.42. The average molecular weight is 466 g/mol. The van der Waals surface area contributed by atoms with Crippen LogP contribution in [-0.4, -0.2) is 36.7 Å². The molecule has 0 unspecified atom stereocenters. The van der Waals surface area contributed by atoms with Crippen molar-refractivity contribution in [3.63, 3.8) is 0 Å². The summed E-state index contributed by atoms with van der Waals surface area (Å²) >= 11 is 1.40. The largest absolute Gasteiger partial charge is 0.302 e. The lowest BCUT2D eigenvalue weighted by Crippen LogP contribution is -2.41. The van der Waals surface area contributed by atoms with Gasteiger partial charge in [0.15, 0.2) is 5.13 Å². The molecule has 0 saturated carbocycles. The molecule has 1 aliphatic rings. The van der Waals surface area contributed by atoms with Crippen molar-refractivity contribution >= 4 is 42.6 Å². The number of aromatic nitrogens is 1. The average Bonchev–Trinajstić information content (AvgIpc) is 3.16. The van der Waals surface area contributed by atoms with E-state index in [1.54, 1.807) is 0 Å². The highest BCUT2D eigenvalue weighted by molar-refractivity contribution is 7.89. The number of sulfonamides is 1. The van der Waals surface area contributed by atoms with E-state index in [-0.39, 0.29) is 24.9 Å². The summed E-state index contributed by atoms with van der Waals surface area (Å²) in [5.41, 5.74) is 1.99. The molecule has 1 amide bonds. The monoisotopic (exact) mass is 465 g/mol. The van der Waals surface area contributed by atoms with Crippen molar-refractivity contribution in [1.82, 2.24) is 9.29 Å². The number of benzene rings is 2. The van der Waals surface area contributed by atoms with Crippen molar-refractivity contribution in [1.29, 1.82) is 0 Å². The summed E-state index contributed by atoms with van der Waals surface area (Å²) in [6.07, 6.45) is 1.45. The Morgan fingerprint density at radius 2 is 1.97 bits per heavy atom. The maximum absolute atomic E-state index is 14.0. The second-order valence-corrected chi connectivity index (χ2v) is 10.3. The van der Waals surface area contributed by atoms with Crippen molar-refractivity contribution in [2.24, 2.45) is 5.92 Å². The molecule has 2 aromatic carbocycles. The Morgan fingerprint density at radius 1 is 1.23 bits per heavy atom. The van der Waals surface area contributed by atoms with Crippen LogP contribution >= 0.6 is 11.3 Å². The number of carbonyl (C=O) groups excluding carboxylic acids is 1. The predicted molar refractivity (Wildman–Crippen MR) is 115 cm³/mol. The number of aryl methyl sites for hydroxylation is 1. The zero-order chi connectivity index (χ0) is 22.2. The van der Waals surface area contributed by atoms with Crippen LogP contribution in [0, 0.1) is 17.6 Å².